The number of aromatic nitrogens is 8. The van der Waals surface area contributed by atoms with Gasteiger partial charge in [-0.05, 0) is 37.0 Å². The maximum Gasteiger partial charge on any atom is 0.231 e. The van der Waals surface area contributed by atoms with Crippen LogP contribution in [0.3, 0.4) is 0 Å². The van der Waals surface area contributed by atoms with Crippen LogP contribution in [0.1, 0.15) is 56.3 Å². The Hall–Kier alpha value is -3.72. The smallest absolute Gasteiger partial charge is 0.231 e. The van der Waals surface area contributed by atoms with Gasteiger partial charge in [0.15, 0.2) is 29.3 Å². The lowest BCUT2D eigenvalue weighted by molar-refractivity contribution is -0.0384. The highest BCUT2D eigenvalue weighted by Crippen LogP contribution is 2.39. The summed E-state index contributed by atoms with van der Waals surface area (Å²) in [5, 5.41) is 47.8. The van der Waals surface area contributed by atoms with E-state index in [-0.39, 0.29) is 18.6 Å². The van der Waals surface area contributed by atoms with Gasteiger partial charge in [0.05, 0.1) is 12.9 Å². The Kier molecular flexibility index (Phi) is 7.56. The number of tetrazole rings is 1. The second-order valence-electron chi connectivity index (χ2n) is 10.2. The summed E-state index contributed by atoms with van der Waals surface area (Å²) in [6, 6.07) is 10.3. The van der Waals surface area contributed by atoms with Crippen LogP contribution in [-0.4, -0.2) is 86.6 Å². The van der Waals surface area contributed by atoms with E-state index in [4.69, 9.17) is 14.7 Å². The summed E-state index contributed by atoms with van der Waals surface area (Å²) < 4.78 is 7.68. The number of imidazole rings is 1. The second-order valence-corrected chi connectivity index (χ2v) is 10.2. The van der Waals surface area contributed by atoms with E-state index in [0.29, 0.717) is 42.4 Å². The molecule has 6 rings (SSSR count). The average molecular weight is 551 g/mol. The van der Waals surface area contributed by atoms with Gasteiger partial charge in [0.2, 0.25) is 11.8 Å². The van der Waals surface area contributed by atoms with Gasteiger partial charge in [0.25, 0.3) is 0 Å². The lowest BCUT2D eigenvalue weighted by Gasteiger charge is -2.22. The first-order chi connectivity index (χ1) is 19.6. The maximum absolute atomic E-state index is 11.0. The van der Waals surface area contributed by atoms with E-state index in [2.05, 4.69) is 25.7 Å². The van der Waals surface area contributed by atoms with E-state index in [9.17, 15) is 15.3 Å². The molecule has 4 atom stereocenters. The summed E-state index contributed by atoms with van der Waals surface area (Å²) in [5.41, 5.74) is 2.05. The van der Waals surface area contributed by atoms with Crippen molar-refractivity contribution >= 4 is 22.9 Å². The van der Waals surface area contributed by atoms with Crippen LogP contribution in [0.15, 0.2) is 36.7 Å². The number of aliphatic hydroxyl groups excluding tert-OH is 3. The van der Waals surface area contributed by atoms with Crippen molar-refractivity contribution in [2.24, 2.45) is 0 Å². The Morgan fingerprint density at radius 2 is 1.90 bits per heavy atom. The molecule has 0 amide bonds. The van der Waals surface area contributed by atoms with Crippen LogP contribution in [0.25, 0.3) is 11.2 Å². The topological polar surface area (TPSA) is 172 Å². The van der Waals surface area contributed by atoms with Gasteiger partial charge in [-0.25, -0.2) is 4.98 Å². The van der Waals surface area contributed by atoms with Crippen LogP contribution in [0.5, 0.6) is 0 Å². The van der Waals surface area contributed by atoms with E-state index in [1.54, 1.807) is 9.47 Å². The summed E-state index contributed by atoms with van der Waals surface area (Å²) in [6.45, 7) is 2.59. The molecule has 1 saturated carbocycles. The highest BCUT2D eigenvalue weighted by atomic mass is 16.6. The molecule has 0 bridgehead atoms. The van der Waals surface area contributed by atoms with Crippen LogP contribution >= 0.6 is 0 Å². The third-order valence-corrected chi connectivity index (χ3v) is 7.59. The molecule has 4 aromatic rings. The maximum atomic E-state index is 11.0. The lowest BCUT2D eigenvalue weighted by atomic mass is 10.1. The minimum atomic E-state index is -1.30. The quantitative estimate of drug-likeness (QED) is 0.208. The van der Waals surface area contributed by atoms with Gasteiger partial charge >= 0.3 is 0 Å². The molecule has 0 unspecified atom stereocenters. The van der Waals surface area contributed by atoms with Gasteiger partial charge in [-0.15, -0.1) is 10.2 Å². The highest BCUT2D eigenvalue weighted by Gasteiger charge is 2.47. The van der Waals surface area contributed by atoms with Crippen LogP contribution in [0.4, 0.5) is 11.8 Å². The molecular weight excluding hydrogens is 516 g/mol. The summed E-state index contributed by atoms with van der Waals surface area (Å²) in [4.78, 5) is 17.2. The van der Waals surface area contributed by atoms with Crippen LogP contribution in [-0.2, 0) is 17.7 Å². The number of hydrogen-bond donors (Lipinski definition) is 4. The molecule has 1 aromatic carbocycles. The Labute approximate surface area is 230 Å². The number of hydrogen-bond acceptors (Lipinski definition) is 12. The Morgan fingerprint density at radius 1 is 1.10 bits per heavy atom. The number of nitrogens with one attached hydrogen (secondary N) is 1. The number of anilines is 2. The SMILES string of the molecule is CCn1nnc([C@H]2O[C@@H](n3cnc4c(NC5CCCC5)nc(N(CO)CCc5ccccc5)nc43)[C@H](O)[C@@H]2O)n1. The lowest BCUT2D eigenvalue weighted by Crippen LogP contribution is -2.30. The van der Waals surface area contributed by atoms with E-state index >= 15 is 0 Å². The number of aliphatic hydroxyl groups is 3. The fraction of sp³-hybridized carbons (Fsp3) is 0.538. The first-order valence-electron chi connectivity index (χ1n) is 13.8. The molecular formula is C26H34N10O4. The van der Waals surface area contributed by atoms with Gasteiger partial charge in [-0.3, -0.25) is 4.57 Å². The molecule has 40 heavy (non-hydrogen) atoms. The van der Waals surface area contributed by atoms with Crippen molar-refractivity contribution in [2.45, 2.75) is 76.2 Å². The fourth-order valence-corrected chi connectivity index (χ4v) is 5.35. The van der Waals surface area contributed by atoms with Crippen molar-refractivity contribution in [1.82, 2.24) is 39.7 Å². The molecule has 4 heterocycles. The third-order valence-electron chi connectivity index (χ3n) is 7.59. The monoisotopic (exact) mass is 550 g/mol. The number of rotatable bonds is 10. The summed E-state index contributed by atoms with van der Waals surface area (Å²) >= 11 is 0. The number of benzene rings is 1. The summed E-state index contributed by atoms with van der Waals surface area (Å²) in [7, 11) is 0. The van der Waals surface area contributed by atoms with Gasteiger partial charge in [0, 0.05) is 12.6 Å². The first kappa shape index (κ1) is 26.5. The Morgan fingerprint density at radius 3 is 2.62 bits per heavy atom. The zero-order chi connectivity index (χ0) is 27.6. The first-order valence-corrected chi connectivity index (χ1v) is 13.8. The van der Waals surface area contributed by atoms with Crippen molar-refractivity contribution in [3.63, 3.8) is 0 Å². The molecule has 2 fully saturated rings. The standard InChI is InChI=1S/C26H34N10O4/c1-2-36-32-23(31-33-36)21-19(38)20(39)25(40-21)35-14-27-18-22(28-17-10-6-7-11-17)29-26(30-24(18)35)34(15-37)13-12-16-8-4-3-5-9-16/h3-5,8-9,14,17,19-21,25,37-39H,2,6-7,10-13,15H2,1H3,(H,28,29,30)/t19-,20+,21-,25+/m0/s1. The van der Waals surface area contributed by atoms with Crippen LogP contribution in [0.2, 0.25) is 0 Å². The molecule has 14 heteroatoms. The Balaban J connectivity index is 1.35. The van der Waals surface area contributed by atoms with E-state index in [0.717, 1.165) is 31.2 Å². The molecule has 3 aromatic heterocycles. The molecule has 0 radical (unpaired) electrons. The normalized spacial score (nSPS) is 23.3. The predicted molar refractivity (Wildman–Crippen MR) is 144 cm³/mol. The number of fused-ring (bicyclic) bond motifs is 1. The van der Waals surface area contributed by atoms with Gasteiger partial charge in [-0.1, -0.05) is 43.2 Å². The second kappa shape index (κ2) is 11.4. The largest absolute Gasteiger partial charge is 0.387 e. The molecule has 0 spiro atoms. The van der Waals surface area contributed by atoms with Crippen molar-refractivity contribution in [3.8, 4) is 0 Å². The van der Waals surface area contributed by atoms with Gasteiger partial charge < -0.3 is 30.3 Å². The molecule has 1 saturated heterocycles. The molecule has 1 aliphatic carbocycles. The van der Waals surface area contributed by atoms with E-state index in [1.807, 2.05) is 37.3 Å². The van der Waals surface area contributed by atoms with Gasteiger partial charge in [-0.2, -0.15) is 14.8 Å². The fourth-order valence-electron chi connectivity index (χ4n) is 5.35. The van der Waals surface area contributed by atoms with Crippen molar-refractivity contribution in [3.05, 3.63) is 48.0 Å². The van der Waals surface area contributed by atoms with E-state index in [1.165, 1.54) is 11.1 Å². The number of nitrogens with zero attached hydrogens (tertiary/aromatic N) is 9. The zero-order valence-corrected chi connectivity index (χ0v) is 22.3. The van der Waals surface area contributed by atoms with Gasteiger partial charge in [0.1, 0.15) is 18.9 Å². The average Bonchev–Trinajstić information content (AvgIpc) is 3.78. The molecule has 4 N–H and O–H groups in total. The minimum Gasteiger partial charge on any atom is -0.387 e. The summed E-state index contributed by atoms with van der Waals surface area (Å²) in [5.74, 6) is 1.07. The predicted octanol–water partition coefficient (Wildman–Crippen LogP) is 1.18. The summed E-state index contributed by atoms with van der Waals surface area (Å²) in [6.07, 6.45) is 2.00. The Bertz CT molecular complexity index is 1420. The van der Waals surface area contributed by atoms with Crippen molar-refractivity contribution in [2.75, 3.05) is 23.5 Å². The minimum absolute atomic E-state index is 0.187. The number of aryl methyl sites for hydroxylation is 1. The van der Waals surface area contributed by atoms with Crippen molar-refractivity contribution < 1.29 is 20.1 Å². The molecule has 1 aliphatic heterocycles. The molecule has 14 nitrogen and oxygen atoms in total. The third kappa shape index (κ3) is 5.10. The highest BCUT2D eigenvalue weighted by molar-refractivity contribution is 5.84. The van der Waals surface area contributed by atoms with E-state index < -0.39 is 24.5 Å². The van der Waals surface area contributed by atoms with Crippen LogP contribution in [0, 0.1) is 0 Å². The van der Waals surface area contributed by atoms with Crippen LogP contribution < -0.4 is 10.2 Å². The molecule has 2 aliphatic rings. The van der Waals surface area contributed by atoms with Crippen molar-refractivity contribution in [1.29, 1.82) is 0 Å². The molecule has 212 valence electrons. The number of ether oxygens (including phenoxy) is 1. The zero-order valence-electron chi connectivity index (χ0n) is 22.3.